The fraction of sp³-hybridized carbons (Fsp3) is 0.704. The lowest BCUT2D eigenvalue weighted by Crippen LogP contribution is -2.29. The van der Waals surface area contributed by atoms with Crippen LogP contribution < -0.4 is 0 Å². The molecule has 2 atom stereocenters. The lowest BCUT2D eigenvalue weighted by molar-refractivity contribution is -0.162. The Kier molecular flexibility index (Phi) is 14.5. The van der Waals surface area contributed by atoms with Crippen LogP contribution in [0.15, 0.2) is 24.3 Å². The molecule has 1 aromatic rings. The number of methoxy groups -OCH3 is 1. The second kappa shape index (κ2) is 17.5. The third-order valence-corrected chi connectivity index (χ3v) is 5.92. The van der Waals surface area contributed by atoms with Crippen LogP contribution in [0.2, 0.25) is 0 Å². The van der Waals surface area contributed by atoms with Gasteiger partial charge in [-0.1, -0.05) is 37.1 Å². The SMILES string of the molecule is CCOC(=O)CCCOC(Cc1ccccc1CCCCCCOC1CCCCO1)C(=O)OC. The normalized spacial score (nSPS) is 16.7. The van der Waals surface area contributed by atoms with Crippen LogP contribution in [0.5, 0.6) is 0 Å². The minimum atomic E-state index is -0.687. The molecule has 0 N–H and O–H groups in total. The smallest absolute Gasteiger partial charge is 0.335 e. The van der Waals surface area contributed by atoms with Gasteiger partial charge in [0.05, 0.1) is 13.7 Å². The van der Waals surface area contributed by atoms with Gasteiger partial charge in [0, 0.05) is 32.7 Å². The number of hydrogen-bond donors (Lipinski definition) is 0. The van der Waals surface area contributed by atoms with Gasteiger partial charge in [-0.2, -0.15) is 0 Å². The Morgan fingerprint density at radius 2 is 1.82 bits per heavy atom. The molecule has 1 aromatic carbocycles. The molecule has 2 rings (SSSR count). The minimum Gasteiger partial charge on any atom is -0.467 e. The average molecular weight is 479 g/mol. The molecule has 0 amide bonds. The van der Waals surface area contributed by atoms with Crippen molar-refractivity contribution in [1.82, 2.24) is 0 Å². The maximum absolute atomic E-state index is 12.3. The molecule has 2 unspecified atom stereocenters. The Labute approximate surface area is 204 Å². The van der Waals surface area contributed by atoms with E-state index in [1.165, 1.54) is 19.1 Å². The highest BCUT2D eigenvalue weighted by Gasteiger charge is 2.22. The van der Waals surface area contributed by atoms with E-state index in [4.69, 9.17) is 23.7 Å². The molecule has 7 heteroatoms. The number of carbonyl (C=O) groups excluding carboxylic acids is 2. The standard InChI is InChI=1S/C27H42O7/c1-3-31-25(28)16-12-20-32-24(27(29)30-2)21-23-15-8-7-14-22(23)13-6-4-5-10-18-33-26-17-9-11-19-34-26/h7-8,14-15,24,26H,3-6,9-13,16-21H2,1-2H3. The fourth-order valence-corrected chi connectivity index (χ4v) is 4.05. The van der Waals surface area contributed by atoms with Crippen molar-refractivity contribution < 1.29 is 33.3 Å². The molecule has 7 nitrogen and oxygen atoms in total. The quantitative estimate of drug-likeness (QED) is 0.235. The first-order valence-corrected chi connectivity index (χ1v) is 12.8. The van der Waals surface area contributed by atoms with E-state index in [1.54, 1.807) is 6.92 Å². The third-order valence-electron chi connectivity index (χ3n) is 5.92. The van der Waals surface area contributed by atoms with Gasteiger partial charge in [-0.3, -0.25) is 4.79 Å². The van der Waals surface area contributed by atoms with Crippen molar-refractivity contribution in [3.8, 4) is 0 Å². The number of esters is 2. The summed E-state index contributed by atoms with van der Waals surface area (Å²) in [7, 11) is 1.37. The minimum absolute atomic E-state index is 0.00392. The first-order chi connectivity index (χ1) is 16.6. The van der Waals surface area contributed by atoms with Crippen LogP contribution in [0, 0.1) is 0 Å². The van der Waals surface area contributed by atoms with Crippen LogP contribution in [-0.2, 0) is 46.1 Å². The number of aryl methyl sites for hydroxylation is 1. The molecule has 1 saturated heterocycles. The lowest BCUT2D eigenvalue weighted by Gasteiger charge is -2.22. The summed E-state index contributed by atoms with van der Waals surface area (Å²) in [6, 6.07) is 8.18. The van der Waals surface area contributed by atoms with Gasteiger partial charge in [0.15, 0.2) is 12.4 Å². The monoisotopic (exact) mass is 478 g/mol. The number of rotatable bonds is 17. The molecule has 0 aliphatic carbocycles. The second-order valence-electron chi connectivity index (χ2n) is 8.60. The lowest BCUT2D eigenvalue weighted by atomic mass is 9.97. The van der Waals surface area contributed by atoms with E-state index in [0.717, 1.165) is 63.7 Å². The maximum Gasteiger partial charge on any atom is 0.335 e. The molecule has 34 heavy (non-hydrogen) atoms. The third kappa shape index (κ3) is 11.4. The Morgan fingerprint density at radius 1 is 1.03 bits per heavy atom. The topological polar surface area (TPSA) is 80.3 Å². The van der Waals surface area contributed by atoms with E-state index in [-0.39, 0.29) is 18.7 Å². The zero-order chi connectivity index (χ0) is 24.4. The van der Waals surface area contributed by atoms with Crippen LogP contribution >= 0.6 is 0 Å². The predicted octanol–water partition coefficient (Wildman–Crippen LogP) is 4.78. The predicted molar refractivity (Wildman–Crippen MR) is 129 cm³/mol. The summed E-state index contributed by atoms with van der Waals surface area (Å²) in [5.74, 6) is -0.646. The zero-order valence-corrected chi connectivity index (χ0v) is 20.9. The Morgan fingerprint density at radius 3 is 2.56 bits per heavy atom. The fourth-order valence-electron chi connectivity index (χ4n) is 4.05. The van der Waals surface area contributed by atoms with E-state index in [2.05, 4.69) is 6.07 Å². The van der Waals surface area contributed by atoms with Gasteiger partial charge in [0.2, 0.25) is 0 Å². The molecule has 1 fully saturated rings. The van der Waals surface area contributed by atoms with Gasteiger partial charge < -0.3 is 23.7 Å². The second-order valence-corrected chi connectivity index (χ2v) is 8.60. The molecular weight excluding hydrogens is 436 g/mol. The molecule has 0 spiro atoms. The summed E-state index contributed by atoms with van der Waals surface area (Å²) in [5, 5.41) is 0. The number of benzene rings is 1. The average Bonchev–Trinajstić information content (AvgIpc) is 2.86. The molecule has 0 saturated carbocycles. The molecule has 0 aromatic heterocycles. The summed E-state index contributed by atoms with van der Waals surface area (Å²) in [6.07, 6.45) is 9.24. The van der Waals surface area contributed by atoms with Crippen molar-refractivity contribution in [2.45, 2.75) is 89.9 Å². The van der Waals surface area contributed by atoms with E-state index in [9.17, 15) is 9.59 Å². The first-order valence-electron chi connectivity index (χ1n) is 12.8. The molecule has 0 radical (unpaired) electrons. The van der Waals surface area contributed by atoms with Gasteiger partial charge in [0.25, 0.3) is 0 Å². The summed E-state index contributed by atoms with van der Waals surface area (Å²) < 4.78 is 27.1. The van der Waals surface area contributed by atoms with Crippen LogP contribution in [0.3, 0.4) is 0 Å². The van der Waals surface area contributed by atoms with E-state index in [0.29, 0.717) is 26.1 Å². The van der Waals surface area contributed by atoms with E-state index < -0.39 is 12.1 Å². The molecular formula is C27H42O7. The largest absolute Gasteiger partial charge is 0.467 e. The molecule has 1 aliphatic rings. The Hall–Kier alpha value is -1.96. The van der Waals surface area contributed by atoms with Gasteiger partial charge in [-0.05, 0) is 63.0 Å². The van der Waals surface area contributed by atoms with Crippen molar-refractivity contribution in [1.29, 1.82) is 0 Å². The highest BCUT2D eigenvalue weighted by Crippen LogP contribution is 2.18. The molecule has 1 heterocycles. The van der Waals surface area contributed by atoms with Gasteiger partial charge >= 0.3 is 11.9 Å². The van der Waals surface area contributed by atoms with Gasteiger partial charge in [-0.15, -0.1) is 0 Å². The summed E-state index contributed by atoms with van der Waals surface area (Å²) >= 11 is 0. The maximum atomic E-state index is 12.3. The molecule has 192 valence electrons. The number of ether oxygens (including phenoxy) is 5. The van der Waals surface area contributed by atoms with Crippen LogP contribution in [0.1, 0.15) is 75.8 Å². The van der Waals surface area contributed by atoms with Crippen molar-refractivity contribution in [3.63, 3.8) is 0 Å². The van der Waals surface area contributed by atoms with Crippen molar-refractivity contribution in [2.24, 2.45) is 0 Å². The highest BCUT2D eigenvalue weighted by molar-refractivity contribution is 5.75. The van der Waals surface area contributed by atoms with E-state index in [1.807, 2.05) is 18.2 Å². The number of hydrogen-bond acceptors (Lipinski definition) is 7. The summed E-state index contributed by atoms with van der Waals surface area (Å²) in [6.45, 7) is 4.02. The van der Waals surface area contributed by atoms with Crippen molar-refractivity contribution in [2.75, 3.05) is 33.5 Å². The van der Waals surface area contributed by atoms with Gasteiger partial charge in [0.1, 0.15) is 0 Å². The van der Waals surface area contributed by atoms with Crippen molar-refractivity contribution in [3.05, 3.63) is 35.4 Å². The molecule has 0 bridgehead atoms. The molecule has 1 aliphatic heterocycles. The highest BCUT2D eigenvalue weighted by atomic mass is 16.7. The van der Waals surface area contributed by atoms with Crippen LogP contribution in [0.4, 0.5) is 0 Å². The zero-order valence-electron chi connectivity index (χ0n) is 20.9. The van der Waals surface area contributed by atoms with Gasteiger partial charge in [-0.25, -0.2) is 4.79 Å². The van der Waals surface area contributed by atoms with Crippen LogP contribution in [0.25, 0.3) is 0 Å². The summed E-state index contributed by atoms with van der Waals surface area (Å²) in [4.78, 5) is 23.8. The Balaban J connectivity index is 1.72. The number of unbranched alkanes of at least 4 members (excludes halogenated alkanes) is 3. The van der Waals surface area contributed by atoms with Crippen molar-refractivity contribution >= 4 is 11.9 Å². The van der Waals surface area contributed by atoms with Crippen LogP contribution in [-0.4, -0.2) is 57.9 Å². The Bertz CT molecular complexity index is 700. The summed E-state index contributed by atoms with van der Waals surface area (Å²) in [5.41, 5.74) is 2.33. The number of carbonyl (C=O) groups is 2. The van der Waals surface area contributed by atoms with E-state index >= 15 is 0 Å². The first kappa shape index (κ1) is 28.3.